The van der Waals surface area contributed by atoms with E-state index in [2.05, 4.69) is 22.0 Å². The van der Waals surface area contributed by atoms with Crippen LogP contribution in [0.3, 0.4) is 0 Å². The summed E-state index contributed by atoms with van der Waals surface area (Å²) in [5.74, 6) is 0.305. The zero-order chi connectivity index (χ0) is 18.6. The van der Waals surface area contributed by atoms with Crippen LogP contribution in [0.25, 0.3) is 0 Å². The van der Waals surface area contributed by atoms with E-state index in [4.69, 9.17) is 4.74 Å². The molecular formula is C19H21N3O3S. The summed E-state index contributed by atoms with van der Waals surface area (Å²) >= 11 is 0. The van der Waals surface area contributed by atoms with E-state index in [0.717, 1.165) is 12.0 Å². The van der Waals surface area contributed by atoms with E-state index in [1.54, 1.807) is 29.1 Å². The summed E-state index contributed by atoms with van der Waals surface area (Å²) in [5.41, 5.74) is 2.46. The number of nitrogens with one attached hydrogen (secondary N) is 1. The molecule has 3 rings (SSSR count). The molecule has 0 bridgehead atoms. The predicted octanol–water partition coefficient (Wildman–Crippen LogP) is 3.24. The van der Waals surface area contributed by atoms with Crippen molar-refractivity contribution in [1.29, 1.82) is 0 Å². The van der Waals surface area contributed by atoms with Gasteiger partial charge in [-0.2, -0.15) is 5.10 Å². The van der Waals surface area contributed by atoms with Gasteiger partial charge in [0.15, 0.2) is 0 Å². The number of hydrogen-bond donors (Lipinski definition) is 1. The van der Waals surface area contributed by atoms with Gasteiger partial charge < -0.3 is 4.74 Å². The SMILES string of the molecule is COc1ccc(C)cc1S(=O)(=O)Nc1cnn(CCc2ccccc2)c1. The fraction of sp³-hybridized carbons (Fsp3) is 0.211. The van der Waals surface area contributed by atoms with Crippen LogP contribution in [0.15, 0.2) is 65.8 Å². The molecule has 0 aliphatic carbocycles. The Kier molecular flexibility index (Phi) is 5.27. The number of nitrogens with zero attached hydrogens (tertiary/aromatic N) is 2. The first-order chi connectivity index (χ1) is 12.5. The van der Waals surface area contributed by atoms with Crippen molar-refractivity contribution in [3.63, 3.8) is 0 Å². The molecule has 0 spiro atoms. The van der Waals surface area contributed by atoms with Gasteiger partial charge in [-0.25, -0.2) is 8.42 Å². The maximum absolute atomic E-state index is 12.7. The Hall–Kier alpha value is -2.80. The molecule has 0 radical (unpaired) electrons. The normalized spacial score (nSPS) is 11.3. The quantitative estimate of drug-likeness (QED) is 0.692. The fourth-order valence-electron chi connectivity index (χ4n) is 2.63. The summed E-state index contributed by atoms with van der Waals surface area (Å²) in [5, 5.41) is 4.23. The Balaban J connectivity index is 1.73. The lowest BCUT2D eigenvalue weighted by atomic mass is 10.1. The van der Waals surface area contributed by atoms with Crippen LogP contribution < -0.4 is 9.46 Å². The molecular weight excluding hydrogens is 350 g/mol. The van der Waals surface area contributed by atoms with Crippen LogP contribution >= 0.6 is 0 Å². The van der Waals surface area contributed by atoms with Gasteiger partial charge in [0, 0.05) is 12.7 Å². The summed E-state index contributed by atoms with van der Waals surface area (Å²) < 4.78 is 34.8. The van der Waals surface area contributed by atoms with Crippen molar-refractivity contribution in [3.05, 3.63) is 72.1 Å². The molecule has 6 nitrogen and oxygen atoms in total. The maximum atomic E-state index is 12.7. The van der Waals surface area contributed by atoms with Gasteiger partial charge >= 0.3 is 0 Å². The number of anilines is 1. The molecule has 2 aromatic carbocycles. The molecule has 0 aliphatic rings. The second-order valence-corrected chi connectivity index (χ2v) is 7.64. The number of benzene rings is 2. The summed E-state index contributed by atoms with van der Waals surface area (Å²) in [7, 11) is -2.31. The Labute approximate surface area is 153 Å². The molecule has 136 valence electrons. The molecule has 26 heavy (non-hydrogen) atoms. The lowest BCUT2D eigenvalue weighted by Gasteiger charge is -2.11. The third-order valence-electron chi connectivity index (χ3n) is 3.97. The van der Waals surface area contributed by atoms with Gasteiger partial charge in [0.2, 0.25) is 0 Å². The fourth-order valence-corrected chi connectivity index (χ4v) is 3.91. The number of aromatic nitrogens is 2. The van der Waals surface area contributed by atoms with Crippen LogP contribution in [0.5, 0.6) is 5.75 Å². The van der Waals surface area contributed by atoms with E-state index in [9.17, 15) is 8.42 Å². The average molecular weight is 371 g/mol. The van der Waals surface area contributed by atoms with Crippen LogP contribution in [0.1, 0.15) is 11.1 Å². The maximum Gasteiger partial charge on any atom is 0.265 e. The smallest absolute Gasteiger partial charge is 0.265 e. The summed E-state index contributed by atoms with van der Waals surface area (Å²) in [6.07, 6.45) is 4.01. The molecule has 7 heteroatoms. The first-order valence-electron chi connectivity index (χ1n) is 8.22. The van der Waals surface area contributed by atoms with Gasteiger partial charge in [0.05, 0.1) is 19.0 Å². The lowest BCUT2D eigenvalue weighted by molar-refractivity contribution is 0.402. The zero-order valence-electron chi connectivity index (χ0n) is 14.7. The van der Waals surface area contributed by atoms with Crippen molar-refractivity contribution < 1.29 is 13.2 Å². The molecule has 0 fully saturated rings. The largest absolute Gasteiger partial charge is 0.495 e. The Morgan fingerprint density at radius 3 is 2.65 bits per heavy atom. The number of rotatable bonds is 7. The molecule has 1 heterocycles. The van der Waals surface area contributed by atoms with Gasteiger partial charge in [-0.15, -0.1) is 0 Å². The third kappa shape index (κ3) is 4.23. The highest BCUT2D eigenvalue weighted by Gasteiger charge is 2.20. The second-order valence-electron chi connectivity index (χ2n) is 5.99. The Morgan fingerprint density at radius 1 is 1.15 bits per heavy atom. The minimum absolute atomic E-state index is 0.108. The second kappa shape index (κ2) is 7.61. The number of ether oxygens (including phenoxy) is 1. The summed E-state index contributed by atoms with van der Waals surface area (Å²) in [6.45, 7) is 2.50. The van der Waals surface area contributed by atoms with E-state index in [0.29, 0.717) is 18.0 Å². The minimum Gasteiger partial charge on any atom is -0.495 e. The van der Waals surface area contributed by atoms with Gasteiger partial charge in [0.1, 0.15) is 10.6 Å². The molecule has 1 N–H and O–H groups in total. The molecule has 0 amide bonds. The van der Waals surface area contributed by atoms with Crippen molar-refractivity contribution in [3.8, 4) is 5.75 Å². The summed E-state index contributed by atoms with van der Waals surface area (Å²) in [4.78, 5) is 0.108. The van der Waals surface area contributed by atoms with E-state index in [-0.39, 0.29) is 4.90 Å². The van der Waals surface area contributed by atoms with Gasteiger partial charge in [0.25, 0.3) is 10.0 Å². The van der Waals surface area contributed by atoms with Gasteiger partial charge in [-0.3, -0.25) is 9.40 Å². The van der Waals surface area contributed by atoms with Gasteiger partial charge in [-0.1, -0.05) is 36.4 Å². The van der Waals surface area contributed by atoms with Crippen LogP contribution in [0.4, 0.5) is 5.69 Å². The van der Waals surface area contributed by atoms with E-state index in [1.807, 2.05) is 25.1 Å². The molecule has 0 aliphatic heterocycles. The van der Waals surface area contributed by atoms with E-state index >= 15 is 0 Å². The van der Waals surface area contributed by atoms with Crippen molar-refractivity contribution in [2.45, 2.75) is 24.8 Å². The molecule has 1 aromatic heterocycles. The monoisotopic (exact) mass is 371 g/mol. The highest BCUT2D eigenvalue weighted by atomic mass is 32.2. The zero-order valence-corrected chi connectivity index (χ0v) is 15.5. The minimum atomic E-state index is -3.76. The van der Waals surface area contributed by atoms with Crippen LogP contribution in [-0.4, -0.2) is 25.3 Å². The molecule has 0 atom stereocenters. The van der Waals surface area contributed by atoms with E-state index in [1.165, 1.54) is 18.9 Å². The van der Waals surface area contributed by atoms with Crippen molar-refractivity contribution in [2.75, 3.05) is 11.8 Å². The molecule has 0 saturated carbocycles. The predicted molar refractivity (Wildman–Crippen MR) is 101 cm³/mol. The third-order valence-corrected chi connectivity index (χ3v) is 5.37. The number of hydrogen-bond acceptors (Lipinski definition) is 4. The Bertz CT molecular complexity index is 982. The average Bonchev–Trinajstić information content (AvgIpc) is 3.07. The molecule has 3 aromatic rings. The first kappa shape index (κ1) is 18.0. The number of methoxy groups -OCH3 is 1. The van der Waals surface area contributed by atoms with Crippen molar-refractivity contribution >= 4 is 15.7 Å². The first-order valence-corrected chi connectivity index (χ1v) is 9.70. The van der Waals surface area contributed by atoms with Crippen LogP contribution in [0, 0.1) is 6.92 Å². The number of sulfonamides is 1. The standard InChI is InChI=1S/C19H21N3O3S/c1-15-8-9-18(25-2)19(12-15)26(23,24)21-17-13-20-22(14-17)11-10-16-6-4-3-5-7-16/h3-9,12-14,21H,10-11H2,1-2H3. The van der Waals surface area contributed by atoms with Crippen LogP contribution in [0.2, 0.25) is 0 Å². The highest BCUT2D eigenvalue weighted by molar-refractivity contribution is 7.92. The molecule has 0 saturated heterocycles. The topological polar surface area (TPSA) is 73.2 Å². The Morgan fingerprint density at radius 2 is 1.92 bits per heavy atom. The number of aryl methyl sites for hydroxylation is 3. The van der Waals surface area contributed by atoms with Gasteiger partial charge in [-0.05, 0) is 36.6 Å². The van der Waals surface area contributed by atoms with Crippen molar-refractivity contribution in [1.82, 2.24) is 9.78 Å². The highest BCUT2D eigenvalue weighted by Crippen LogP contribution is 2.26. The summed E-state index contributed by atoms with van der Waals surface area (Å²) in [6, 6.07) is 15.1. The molecule has 0 unspecified atom stereocenters. The van der Waals surface area contributed by atoms with Crippen LogP contribution in [-0.2, 0) is 23.0 Å². The lowest BCUT2D eigenvalue weighted by Crippen LogP contribution is -2.14. The van der Waals surface area contributed by atoms with E-state index < -0.39 is 10.0 Å². The van der Waals surface area contributed by atoms with Crippen molar-refractivity contribution in [2.24, 2.45) is 0 Å².